The lowest BCUT2D eigenvalue weighted by Crippen LogP contribution is -1.96. The Hall–Kier alpha value is -3.22. The molecule has 0 aliphatic carbocycles. The van der Waals surface area contributed by atoms with Gasteiger partial charge in [-0.3, -0.25) is 9.89 Å². The largest absolute Gasteiger partial charge is 0.504 e. The monoisotopic (exact) mass is 327 g/mol. The number of aliphatic hydroxyl groups is 1. The normalized spacial score (nSPS) is 11.7. The molecule has 24 heavy (non-hydrogen) atoms. The number of ketones is 1. The quantitative estimate of drug-likeness (QED) is 0.426. The average molecular weight is 327 g/mol. The van der Waals surface area contributed by atoms with E-state index in [-0.39, 0.29) is 23.2 Å². The van der Waals surface area contributed by atoms with Crippen LogP contribution in [-0.2, 0) is 6.42 Å². The summed E-state index contributed by atoms with van der Waals surface area (Å²) in [7, 11) is 0. The van der Waals surface area contributed by atoms with Gasteiger partial charge in [0.25, 0.3) is 0 Å². The standard InChI is InChI=1S/C17H14FN3O3/c1-10-6-16(13(22)8-14(23)17-19-9-20-21-17)24-15(10)7-11-2-4-12(18)5-3-11/h2-6,8-9,23H,7H2,1H3,(H,19,20,21)/b14-8-. The molecule has 1 aromatic carbocycles. The van der Waals surface area contributed by atoms with Gasteiger partial charge >= 0.3 is 0 Å². The van der Waals surface area contributed by atoms with Crippen molar-refractivity contribution in [2.24, 2.45) is 0 Å². The molecule has 2 N–H and O–H groups in total. The summed E-state index contributed by atoms with van der Waals surface area (Å²) < 4.78 is 18.5. The zero-order valence-electron chi connectivity index (χ0n) is 12.8. The second kappa shape index (κ2) is 6.49. The number of carbonyl (C=O) groups excluding carboxylic acids is 1. The summed E-state index contributed by atoms with van der Waals surface area (Å²) in [6.07, 6.45) is 2.74. The van der Waals surface area contributed by atoms with Crippen molar-refractivity contribution in [2.45, 2.75) is 13.3 Å². The number of carbonyl (C=O) groups is 1. The minimum atomic E-state index is -0.495. The minimum absolute atomic E-state index is 0.0261. The Labute approximate surface area is 136 Å². The van der Waals surface area contributed by atoms with Crippen LogP contribution < -0.4 is 0 Å². The van der Waals surface area contributed by atoms with Gasteiger partial charge in [0.2, 0.25) is 11.6 Å². The van der Waals surface area contributed by atoms with E-state index in [2.05, 4.69) is 15.2 Å². The first-order chi connectivity index (χ1) is 11.5. The fraction of sp³-hybridized carbons (Fsp3) is 0.118. The molecule has 2 aromatic heterocycles. The number of nitrogens with one attached hydrogen (secondary N) is 1. The molecule has 0 bridgehead atoms. The Morgan fingerprint density at radius 3 is 2.79 bits per heavy atom. The van der Waals surface area contributed by atoms with Gasteiger partial charge < -0.3 is 9.52 Å². The molecule has 0 atom stereocenters. The van der Waals surface area contributed by atoms with Gasteiger partial charge in [0.05, 0.1) is 0 Å². The molecule has 3 rings (SSSR count). The third kappa shape index (κ3) is 3.40. The maximum Gasteiger partial charge on any atom is 0.224 e. The molecule has 0 spiro atoms. The number of hydrogen-bond donors (Lipinski definition) is 2. The van der Waals surface area contributed by atoms with Crippen molar-refractivity contribution in [1.29, 1.82) is 0 Å². The van der Waals surface area contributed by atoms with E-state index in [9.17, 15) is 14.3 Å². The fourth-order valence-electron chi connectivity index (χ4n) is 2.20. The van der Waals surface area contributed by atoms with Crippen molar-refractivity contribution in [1.82, 2.24) is 15.2 Å². The number of allylic oxidation sites excluding steroid dienone is 1. The first-order valence-corrected chi connectivity index (χ1v) is 7.18. The Kier molecular flexibility index (Phi) is 4.24. The number of H-pyrrole nitrogens is 1. The maximum atomic E-state index is 12.9. The van der Waals surface area contributed by atoms with E-state index < -0.39 is 5.78 Å². The molecule has 3 aromatic rings. The van der Waals surface area contributed by atoms with Crippen LogP contribution in [0.1, 0.15) is 33.3 Å². The molecule has 0 radical (unpaired) electrons. The number of aromatic nitrogens is 3. The van der Waals surface area contributed by atoms with Crippen LogP contribution in [0.5, 0.6) is 0 Å². The number of hydrogen-bond acceptors (Lipinski definition) is 5. The molecular formula is C17H14FN3O3. The molecule has 0 fully saturated rings. The van der Waals surface area contributed by atoms with Gasteiger partial charge in [-0.2, -0.15) is 5.10 Å². The molecule has 0 aliphatic rings. The lowest BCUT2D eigenvalue weighted by atomic mass is 10.1. The Morgan fingerprint density at radius 2 is 2.12 bits per heavy atom. The average Bonchev–Trinajstić information content (AvgIpc) is 3.20. The highest BCUT2D eigenvalue weighted by atomic mass is 19.1. The molecule has 0 unspecified atom stereocenters. The van der Waals surface area contributed by atoms with Gasteiger partial charge in [0, 0.05) is 12.5 Å². The van der Waals surface area contributed by atoms with Crippen LogP contribution in [0, 0.1) is 12.7 Å². The summed E-state index contributed by atoms with van der Waals surface area (Å²) in [4.78, 5) is 15.9. The smallest absolute Gasteiger partial charge is 0.224 e. The third-order valence-corrected chi connectivity index (χ3v) is 3.45. The van der Waals surface area contributed by atoms with Crippen molar-refractivity contribution in [3.8, 4) is 0 Å². The van der Waals surface area contributed by atoms with E-state index in [0.717, 1.165) is 17.2 Å². The highest BCUT2D eigenvalue weighted by Gasteiger charge is 2.15. The van der Waals surface area contributed by atoms with Gasteiger partial charge in [-0.05, 0) is 36.2 Å². The predicted molar refractivity (Wildman–Crippen MR) is 84.0 cm³/mol. The number of rotatable bonds is 5. The molecule has 122 valence electrons. The van der Waals surface area contributed by atoms with Crippen LogP contribution in [0.15, 0.2) is 47.2 Å². The zero-order chi connectivity index (χ0) is 17.1. The highest BCUT2D eigenvalue weighted by molar-refractivity contribution is 6.05. The van der Waals surface area contributed by atoms with E-state index in [1.165, 1.54) is 18.5 Å². The third-order valence-electron chi connectivity index (χ3n) is 3.45. The number of aryl methyl sites for hydroxylation is 1. The Balaban J connectivity index is 1.79. The Morgan fingerprint density at radius 1 is 1.38 bits per heavy atom. The molecule has 0 aliphatic heterocycles. The van der Waals surface area contributed by atoms with Crippen molar-refractivity contribution < 1.29 is 18.7 Å². The molecule has 6 nitrogen and oxygen atoms in total. The number of aliphatic hydroxyl groups excluding tert-OH is 1. The SMILES string of the molecule is Cc1cc(C(=O)/C=C(\O)c2nc[nH]n2)oc1Cc1ccc(F)cc1. The fourth-order valence-corrected chi connectivity index (χ4v) is 2.20. The van der Waals surface area contributed by atoms with Crippen molar-refractivity contribution in [2.75, 3.05) is 0 Å². The van der Waals surface area contributed by atoms with E-state index in [4.69, 9.17) is 4.42 Å². The van der Waals surface area contributed by atoms with Gasteiger partial charge in [-0.1, -0.05) is 12.1 Å². The molecular weight excluding hydrogens is 313 g/mol. The molecule has 0 amide bonds. The van der Waals surface area contributed by atoms with E-state index in [1.54, 1.807) is 18.2 Å². The molecule has 0 saturated heterocycles. The summed E-state index contributed by atoms with van der Waals surface area (Å²) in [5.41, 5.74) is 1.67. The van der Waals surface area contributed by atoms with E-state index in [0.29, 0.717) is 12.2 Å². The number of benzene rings is 1. The zero-order valence-corrected chi connectivity index (χ0v) is 12.8. The van der Waals surface area contributed by atoms with Gasteiger partial charge in [-0.25, -0.2) is 9.37 Å². The second-order valence-electron chi connectivity index (χ2n) is 5.24. The topological polar surface area (TPSA) is 92.0 Å². The second-order valence-corrected chi connectivity index (χ2v) is 5.24. The number of nitrogens with zero attached hydrogens (tertiary/aromatic N) is 2. The van der Waals surface area contributed by atoms with Crippen LogP contribution in [-0.4, -0.2) is 26.1 Å². The van der Waals surface area contributed by atoms with Gasteiger partial charge in [0.15, 0.2) is 11.5 Å². The van der Waals surface area contributed by atoms with Crippen LogP contribution in [0.4, 0.5) is 4.39 Å². The van der Waals surface area contributed by atoms with Crippen LogP contribution in [0.3, 0.4) is 0 Å². The number of halogens is 1. The minimum Gasteiger partial charge on any atom is -0.504 e. The lowest BCUT2D eigenvalue weighted by molar-refractivity contribution is 0.101. The van der Waals surface area contributed by atoms with E-state index in [1.807, 2.05) is 6.92 Å². The molecule has 7 heteroatoms. The summed E-state index contributed by atoms with van der Waals surface area (Å²) in [5.74, 6) is -0.417. The lowest BCUT2D eigenvalue weighted by Gasteiger charge is -1.99. The van der Waals surface area contributed by atoms with Gasteiger partial charge in [0.1, 0.15) is 17.9 Å². The predicted octanol–water partition coefficient (Wildman–Crippen LogP) is 3.22. The van der Waals surface area contributed by atoms with Crippen molar-refractivity contribution >= 4 is 11.5 Å². The number of aromatic amines is 1. The van der Waals surface area contributed by atoms with Gasteiger partial charge in [-0.15, -0.1) is 0 Å². The number of furan rings is 1. The van der Waals surface area contributed by atoms with Crippen LogP contribution in [0.25, 0.3) is 5.76 Å². The summed E-state index contributed by atoms with van der Waals surface area (Å²) >= 11 is 0. The van der Waals surface area contributed by atoms with E-state index >= 15 is 0 Å². The first-order valence-electron chi connectivity index (χ1n) is 7.18. The Bertz CT molecular complexity index is 880. The molecule has 2 heterocycles. The van der Waals surface area contributed by atoms with Crippen LogP contribution in [0.2, 0.25) is 0 Å². The van der Waals surface area contributed by atoms with Crippen molar-refractivity contribution in [3.05, 3.63) is 77.0 Å². The summed E-state index contributed by atoms with van der Waals surface area (Å²) in [6.45, 7) is 1.82. The summed E-state index contributed by atoms with van der Waals surface area (Å²) in [6, 6.07) is 7.67. The van der Waals surface area contributed by atoms with Crippen molar-refractivity contribution in [3.63, 3.8) is 0 Å². The van der Waals surface area contributed by atoms with Crippen LogP contribution >= 0.6 is 0 Å². The maximum absolute atomic E-state index is 12.9. The first kappa shape index (κ1) is 15.7. The summed E-state index contributed by atoms with van der Waals surface area (Å²) in [5, 5.41) is 15.9. The molecule has 0 saturated carbocycles. The highest BCUT2D eigenvalue weighted by Crippen LogP contribution is 2.20.